The van der Waals surface area contributed by atoms with Gasteiger partial charge in [-0.2, -0.15) is 5.10 Å². The molecule has 0 saturated carbocycles. The predicted octanol–water partition coefficient (Wildman–Crippen LogP) is 1.29. The molecular formula is C8H8FN3. The Morgan fingerprint density at radius 3 is 3.00 bits per heavy atom. The van der Waals surface area contributed by atoms with Gasteiger partial charge in [0, 0.05) is 18.5 Å². The molecular weight excluding hydrogens is 157 g/mol. The number of nitrogens with two attached hydrogens (primary N) is 1. The predicted molar refractivity (Wildman–Crippen MR) is 45.1 cm³/mol. The van der Waals surface area contributed by atoms with Crippen molar-refractivity contribution in [1.82, 2.24) is 9.78 Å². The lowest BCUT2D eigenvalue weighted by atomic mass is 10.2. The Bertz CT molecular complexity index is 433. The van der Waals surface area contributed by atoms with E-state index in [1.807, 2.05) is 0 Å². The minimum Gasteiger partial charge on any atom is -0.396 e. The summed E-state index contributed by atoms with van der Waals surface area (Å²) >= 11 is 0. The first-order valence-corrected chi connectivity index (χ1v) is 3.55. The number of benzene rings is 1. The highest BCUT2D eigenvalue weighted by Crippen LogP contribution is 2.19. The Morgan fingerprint density at radius 1 is 1.50 bits per heavy atom. The number of rotatable bonds is 0. The van der Waals surface area contributed by atoms with Gasteiger partial charge in [-0.05, 0) is 6.07 Å². The Balaban J connectivity index is 2.87. The van der Waals surface area contributed by atoms with Crippen LogP contribution in [0.3, 0.4) is 0 Å². The third-order valence-electron chi connectivity index (χ3n) is 1.86. The summed E-state index contributed by atoms with van der Waals surface area (Å²) in [6.07, 6.45) is 1.66. The van der Waals surface area contributed by atoms with Gasteiger partial charge in [-0.1, -0.05) is 0 Å². The van der Waals surface area contributed by atoms with E-state index in [4.69, 9.17) is 5.73 Å². The molecule has 2 N–H and O–H groups in total. The van der Waals surface area contributed by atoms with Crippen LogP contribution in [0.2, 0.25) is 0 Å². The van der Waals surface area contributed by atoms with E-state index in [0.29, 0.717) is 0 Å². The average Bonchev–Trinajstić information content (AvgIpc) is 2.35. The maximum atomic E-state index is 12.9. The van der Waals surface area contributed by atoms with Gasteiger partial charge in [0.05, 0.1) is 17.4 Å². The summed E-state index contributed by atoms with van der Waals surface area (Å²) in [5, 5.41) is 4.83. The molecule has 0 aliphatic heterocycles. The first-order chi connectivity index (χ1) is 5.68. The fraction of sp³-hybridized carbons (Fsp3) is 0.125. The van der Waals surface area contributed by atoms with E-state index in [2.05, 4.69) is 5.10 Å². The topological polar surface area (TPSA) is 43.8 Å². The molecule has 0 fully saturated rings. The number of halogens is 1. The molecule has 4 heteroatoms. The number of aromatic nitrogens is 2. The summed E-state index contributed by atoms with van der Waals surface area (Å²) in [5.74, 6) is -0.397. The molecule has 0 aliphatic rings. The van der Waals surface area contributed by atoms with E-state index in [1.165, 1.54) is 6.07 Å². The Labute approximate surface area is 68.6 Å². The highest BCUT2D eigenvalue weighted by atomic mass is 19.1. The summed E-state index contributed by atoms with van der Waals surface area (Å²) in [6.45, 7) is 0. The molecule has 0 aliphatic carbocycles. The number of aryl methyl sites for hydroxylation is 1. The van der Waals surface area contributed by atoms with E-state index in [-0.39, 0.29) is 5.69 Å². The zero-order valence-corrected chi connectivity index (χ0v) is 6.58. The summed E-state index contributed by atoms with van der Waals surface area (Å²) in [4.78, 5) is 0. The number of anilines is 1. The summed E-state index contributed by atoms with van der Waals surface area (Å²) in [6, 6.07) is 2.97. The normalized spacial score (nSPS) is 10.8. The first-order valence-electron chi connectivity index (χ1n) is 3.55. The largest absolute Gasteiger partial charge is 0.396 e. The van der Waals surface area contributed by atoms with Crippen LogP contribution in [0.1, 0.15) is 0 Å². The quantitative estimate of drug-likeness (QED) is 0.598. The zero-order valence-electron chi connectivity index (χ0n) is 6.58. The second kappa shape index (κ2) is 2.20. The van der Waals surface area contributed by atoms with E-state index in [0.717, 1.165) is 10.9 Å². The van der Waals surface area contributed by atoms with Crippen molar-refractivity contribution in [3.8, 4) is 0 Å². The highest BCUT2D eigenvalue weighted by molar-refractivity contribution is 5.82. The Kier molecular flexibility index (Phi) is 1.30. The average molecular weight is 165 g/mol. The maximum Gasteiger partial charge on any atom is 0.148 e. The van der Waals surface area contributed by atoms with Gasteiger partial charge >= 0.3 is 0 Å². The first kappa shape index (κ1) is 7.09. The van der Waals surface area contributed by atoms with Crippen molar-refractivity contribution >= 4 is 16.6 Å². The molecule has 0 radical (unpaired) electrons. The van der Waals surface area contributed by atoms with Crippen molar-refractivity contribution < 1.29 is 4.39 Å². The van der Waals surface area contributed by atoms with Crippen molar-refractivity contribution in [2.45, 2.75) is 0 Å². The SMILES string of the molecule is Cn1ncc2cc(N)c(F)cc21. The van der Waals surface area contributed by atoms with Crippen LogP contribution < -0.4 is 5.73 Å². The van der Waals surface area contributed by atoms with Gasteiger partial charge in [0.15, 0.2) is 0 Å². The van der Waals surface area contributed by atoms with Crippen molar-refractivity contribution in [1.29, 1.82) is 0 Å². The van der Waals surface area contributed by atoms with Crippen molar-refractivity contribution in [3.05, 3.63) is 24.1 Å². The Hall–Kier alpha value is -1.58. The molecule has 1 heterocycles. The lowest BCUT2D eigenvalue weighted by Crippen LogP contribution is -1.92. The van der Waals surface area contributed by atoms with Crippen molar-refractivity contribution in [2.24, 2.45) is 7.05 Å². The van der Waals surface area contributed by atoms with Crippen LogP contribution in [0.25, 0.3) is 10.9 Å². The minimum absolute atomic E-state index is 0.163. The second-order valence-corrected chi connectivity index (χ2v) is 2.70. The zero-order chi connectivity index (χ0) is 8.72. The summed E-state index contributed by atoms with van der Waals surface area (Å²) in [7, 11) is 1.76. The van der Waals surface area contributed by atoms with Gasteiger partial charge in [0.2, 0.25) is 0 Å². The molecule has 3 nitrogen and oxygen atoms in total. The molecule has 0 bridgehead atoms. The monoisotopic (exact) mass is 165 g/mol. The van der Waals surface area contributed by atoms with E-state index in [9.17, 15) is 4.39 Å². The van der Waals surface area contributed by atoms with Crippen LogP contribution in [0, 0.1) is 5.82 Å². The van der Waals surface area contributed by atoms with Gasteiger partial charge in [-0.3, -0.25) is 4.68 Å². The molecule has 0 unspecified atom stereocenters. The molecule has 0 saturated heterocycles. The van der Waals surface area contributed by atoms with Gasteiger partial charge < -0.3 is 5.73 Å². The number of fused-ring (bicyclic) bond motifs is 1. The van der Waals surface area contributed by atoms with Crippen LogP contribution >= 0.6 is 0 Å². The molecule has 0 amide bonds. The summed E-state index contributed by atoms with van der Waals surface area (Å²) in [5.41, 5.74) is 6.30. The number of hydrogen-bond acceptors (Lipinski definition) is 2. The second-order valence-electron chi connectivity index (χ2n) is 2.70. The van der Waals surface area contributed by atoms with E-state index >= 15 is 0 Å². The summed E-state index contributed by atoms with van der Waals surface area (Å²) < 4.78 is 14.5. The van der Waals surface area contributed by atoms with Crippen LogP contribution in [-0.2, 0) is 7.05 Å². The minimum atomic E-state index is -0.397. The number of nitrogen functional groups attached to an aromatic ring is 1. The highest BCUT2D eigenvalue weighted by Gasteiger charge is 2.03. The van der Waals surface area contributed by atoms with Crippen LogP contribution in [-0.4, -0.2) is 9.78 Å². The smallest absolute Gasteiger partial charge is 0.148 e. The van der Waals surface area contributed by atoms with Gasteiger partial charge in [-0.25, -0.2) is 4.39 Å². The van der Waals surface area contributed by atoms with Crippen LogP contribution in [0.15, 0.2) is 18.3 Å². The fourth-order valence-corrected chi connectivity index (χ4v) is 1.19. The lowest BCUT2D eigenvalue weighted by Gasteiger charge is -1.97. The number of hydrogen-bond donors (Lipinski definition) is 1. The molecule has 12 heavy (non-hydrogen) atoms. The third-order valence-corrected chi connectivity index (χ3v) is 1.86. The molecule has 62 valence electrons. The number of nitrogens with zero attached hydrogens (tertiary/aromatic N) is 2. The lowest BCUT2D eigenvalue weighted by molar-refractivity contribution is 0.632. The van der Waals surface area contributed by atoms with Gasteiger partial charge in [-0.15, -0.1) is 0 Å². The molecule has 0 atom stereocenters. The molecule has 2 rings (SSSR count). The van der Waals surface area contributed by atoms with Gasteiger partial charge in [0.25, 0.3) is 0 Å². The van der Waals surface area contributed by atoms with Crippen LogP contribution in [0.5, 0.6) is 0 Å². The van der Waals surface area contributed by atoms with E-state index < -0.39 is 5.82 Å². The standard InChI is InChI=1S/C8H8FN3/c1-12-8-3-6(9)7(10)2-5(8)4-11-12/h2-4H,10H2,1H3. The Morgan fingerprint density at radius 2 is 2.25 bits per heavy atom. The van der Waals surface area contributed by atoms with Crippen LogP contribution in [0.4, 0.5) is 10.1 Å². The van der Waals surface area contributed by atoms with Crippen molar-refractivity contribution in [3.63, 3.8) is 0 Å². The maximum absolute atomic E-state index is 12.9. The molecule has 1 aromatic heterocycles. The van der Waals surface area contributed by atoms with E-state index in [1.54, 1.807) is 24.0 Å². The molecule has 0 spiro atoms. The van der Waals surface area contributed by atoms with Gasteiger partial charge in [0.1, 0.15) is 5.82 Å². The fourth-order valence-electron chi connectivity index (χ4n) is 1.19. The molecule has 1 aromatic carbocycles. The third kappa shape index (κ3) is 0.845. The van der Waals surface area contributed by atoms with Crippen molar-refractivity contribution in [2.75, 3.05) is 5.73 Å². The molecule has 2 aromatic rings.